The van der Waals surface area contributed by atoms with Gasteiger partial charge in [-0.2, -0.15) is 0 Å². The molecule has 4 rings (SSSR count). The number of nitrogens with zero attached hydrogens (tertiary/aromatic N) is 1. The number of carbonyl (C=O) groups excluding carboxylic acids is 3. The standard InChI is InChI=1S/C25H25N3O5/c1-15(2)13-26-25(31)28-21(29)14-33-24(30)22-18-7-3-4-8-20(18)27-23-16(9-10-19(22)23)12-17-6-5-11-32-17/h3-8,11-12,15H,9-10,13-14H2,1-2H3,(H2,26,28,29,31)/b16-12-. The number of para-hydroxylation sites is 1. The number of rotatable bonds is 6. The van der Waals surface area contributed by atoms with Crippen LogP contribution in [0.15, 0.2) is 47.1 Å². The van der Waals surface area contributed by atoms with Gasteiger partial charge < -0.3 is 14.5 Å². The lowest BCUT2D eigenvalue weighted by molar-refractivity contribution is -0.123. The minimum Gasteiger partial charge on any atom is -0.465 e. The molecule has 33 heavy (non-hydrogen) atoms. The van der Waals surface area contributed by atoms with Crippen LogP contribution in [0.25, 0.3) is 22.6 Å². The fourth-order valence-electron chi connectivity index (χ4n) is 3.76. The number of aromatic nitrogens is 1. The third-order valence-electron chi connectivity index (χ3n) is 5.26. The normalized spacial score (nSPS) is 13.8. The Morgan fingerprint density at radius 2 is 1.97 bits per heavy atom. The highest BCUT2D eigenvalue weighted by Gasteiger charge is 2.28. The topological polar surface area (TPSA) is 111 Å². The summed E-state index contributed by atoms with van der Waals surface area (Å²) in [5, 5.41) is 5.41. The monoisotopic (exact) mass is 447 g/mol. The molecule has 0 bridgehead atoms. The third kappa shape index (κ3) is 5.11. The minimum absolute atomic E-state index is 0.248. The average Bonchev–Trinajstić information content (AvgIpc) is 3.45. The number of nitrogens with one attached hydrogen (secondary N) is 2. The van der Waals surface area contributed by atoms with Crippen LogP contribution >= 0.6 is 0 Å². The molecular formula is C25H25N3O5. The van der Waals surface area contributed by atoms with Crippen LogP contribution in [0.1, 0.15) is 47.6 Å². The predicted molar refractivity (Wildman–Crippen MR) is 123 cm³/mol. The lowest BCUT2D eigenvalue weighted by Crippen LogP contribution is -2.42. The number of ether oxygens (including phenoxy) is 1. The highest BCUT2D eigenvalue weighted by molar-refractivity contribution is 6.07. The second-order valence-corrected chi connectivity index (χ2v) is 8.24. The number of pyridine rings is 1. The van der Waals surface area contributed by atoms with Crippen molar-refractivity contribution in [2.45, 2.75) is 26.7 Å². The summed E-state index contributed by atoms with van der Waals surface area (Å²) in [5.41, 5.74) is 3.55. The van der Waals surface area contributed by atoms with Crippen molar-refractivity contribution < 1.29 is 23.5 Å². The van der Waals surface area contributed by atoms with Gasteiger partial charge >= 0.3 is 12.0 Å². The summed E-state index contributed by atoms with van der Waals surface area (Å²) in [7, 11) is 0. The van der Waals surface area contributed by atoms with E-state index in [-0.39, 0.29) is 5.92 Å². The molecule has 0 saturated heterocycles. The van der Waals surface area contributed by atoms with E-state index in [1.165, 1.54) is 0 Å². The van der Waals surface area contributed by atoms with E-state index in [4.69, 9.17) is 14.1 Å². The van der Waals surface area contributed by atoms with Crippen LogP contribution in [-0.4, -0.2) is 36.0 Å². The van der Waals surface area contributed by atoms with Gasteiger partial charge in [-0.15, -0.1) is 0 Å². The number of allylic oxidation sites excluding steroid dienone is 1. The number of hydrogen-bond donors (Lipinski definition) is 2. The Morgan fingerprint density at radius 1 is 1.15 bits per heavy atom. The summed E-state index contributed by atoms with van der Waals surface area (Å²) in [6.07, 6.45) is 4.85. The smallest absolute Gasteiger partial charge is 0.339 e. The van der Waals surface area contributed by atoms with Crippen molar-refractivity contribution in [1.82, 2.24) is 15.6 Å². The molecule has 1 aliphatic rings. The zero-order chi connectivity index (χ0) is 23.4. The van der Waals surface area contributed by atoms with E-state index >= 15 is 0 Å². The van der Waals surface area contributed by atoms with Crippen LogP contribution < -0.4 is 10.6 Å². The lowest BCUT2D eigenvalue weighted by Gasteiger charge is -2.12. The summed E-state index contributed by atoms with van der Waals surface area (Å²) in [4.78, 5) is 41.7. The van der Waals surface area contributed by atoms with Gasteiger partial charge in [0.15, 0.2) is 6.61 Å². The molecule has 3 amide bonds. The van der Waals surface area contributed by atoms with E-state index in [0.717, 1.165) is 16.8 Å². The van der Waals surface area contributed by atoms with Crippen molar-refractivity contribution in [1.29, 1.82) is 0 Å². The Labute approximate surface area is 191 Å². The first-order valence-electron chi connectivity index (χ1n) is 10.8. The van der Waals surface area contributed by atoms with E-state index in [0.29, 0.717) is 41.6 Å². The third-order valence-corrected chi connectivity index (χ3v) is 5.26. The summed E-state index contributed by atoms with van der Waals surface area (Å²) < 4.78 is 10.7. The molecule has 8 heteroatoms. The Bertz CT molecular complexity index is 1230. The molecule has 2 heterocycles. The average molecular weight is 447 g/mol. The molecule has 170 valence electrons. The molecule has 0 unspecified atom stereocenters. The number of imide groups is 1. The number of furan rings is 1. The molecule has 0 aliphatic heterocycles. The summed E-state index contributed by atoms with van der Waals surface area (Å²) in [6.45, 7) is 3.75. The van der Waals surface area contributed by atoms with Crippen molar-refractivity contribution in [2.24, 2.45) is 5.92 Å². The maximum Gasteiger partial charge on any atom is 0.339 e. The van der Waals surface area contributed by atoms with Crippen molar-refractivity contribution in [3.05, 3.63) is 65.2 Å². The molecule has 0 atom stereocenters. The van der Waals surface area contributed by atoms with Crippen LogP contribution in [0, 0.1) is 5.92 Å². The molecule has 0 spiro atoms. The van der Waals surface area contributed by atoms with Crippen LogP contribution in [0.2, 0.25) is 0 Å². The fourth-order valence-corrected chi connectivity index (χ4v) is 3.76. The Balaban J connectivity index is 1.56. The Kier molecular flexibility index (Phi) is 6.53. The molecule has 3 aromatic rings. The minimum atomic E-state index is -0.696. The first-order valence-corrected chi connectivity index (χ1v) is 10.8. The molecule has 1 aromatic carbocycles. The van der Waals surface area contributed by atoms with E-state index < -0.39 is 24.5 Å². The lowest BCUT2D eigenvalue weighted by atomic mass is 10.0. The molecule has 8 nitrogen and oxygen atoms in total. The van der Waals surface area contributed by atoms with Gasteiger partial charge in [-0.05, 0) is 54.2 Å². The zero-order valence-electron chi connectivity index (χ0n) is 18.5. The van der Waals surface area contributed by atoms with Gasteiger partial charge in [0.05, 0.1) is 23.0 Å². The summed E-state index contributed by atoms with van der Waals surface area (Å²) >= 11 is 0. The Morgan fingerprint density at radius 3 is 2.73 bits per heavy atom. The number of fused-ring (bicyclic) bond motifs is 2. The largest absolute Gasteiger partial charge is 0.465 e. The number of carbonyl (C=O) groups is 3. The number of hydrogen-bond acceptors (Lipinski definition) is 6. The van der Waals surface area contributed by atoms with Crippen LogP contribution in [-0.2, 0) is 16.0 Å². The van der Waals surface area contributed by atoms with Gasteiger partial charge in [-0.3, -0.25) is 10.1 Å². The maximum atomic E-state index is 13.1. The van der Waals surface area contributed by atoms with E-state index in [9.17, 15) is 14.4 Å². The van der Waals surface area contributed by atoms with Gasteiger partial charge in [0, 0.05) is 11.9 Å². The number of urea groups is 1. The molecule has 0 fully saturated rings. The van der Waals surface area contributed by atoms with Crippen molar-refractivity contribution in [3.63, 3.8) is 0 Å². The van der Waals surface area contributed by atoms with E-state index in [1.54, 1.807) is 6.26 Å². The number of amides is 3. The van der Waals surface area contributed by atoms with Crippen LogP contribution in [0.4, 0.5) is 4.79 Å². The maximum absolute atomic E-state index is 13.1. The van der Waals surface area contributed by atoms with Crippen molar-refractivity contribution in [2.75, 3.05) is 13.2 Å². The highest BCUT2D eigenvalue weighted by atomic mass is 16.5. The van der Waals surface area contributed by atoms with Crippen molar-refractivity contribution >= 4 is 40.5 Å². The van der Waals surface area contributed by atoms with E-state index in [2.05, 4.69) is 10.6 Å². The predicted octanol–water partition coefficient (Wildman–Crippen LogP) is 3.95. The number of esters is 1. The summed E-state index contributed by atoms with van der Waals surface area (Å²) in [5.74, 6) is -0.360. The second kappa shape index (κ2) is 9.68. The molecule has 2 aromatic heterocycles. The molecule has 0 saturated carbocycles. The molecule has 0 radical (unpaired) electrons. The van der Waals surface area contributed by atoms with E-state index in [1.807, 2.05) is 56.3 Å². The van der Waals surface area contributed by atoms with Gasteiger partial charge in [0.1, 0.15) is 5.76 Å². The van der Waals surface area contributed by atoms with Crippen LogP contribution in [0.5, 0.6) is 0 Å². The first-order chi connectivity index (χ1) is 15.9. The molecular weight excluding hydrogens is 422 g/mol. The molecule has 2 N–H and O–H groups in total. The highest BCUT2D eigenvalue weighted by Crippen LogP contribution is 2.37. The second-order valence-electron chi connectivity index (χ2n) is 8.24. The first kappa shape index (κ1) is 22.3. The molecule has 1 aliphatic carbocycles. The van der Waals surface area contributed by atoms with Gasteiger partial charge in [-0.1, -0.05) is 32.0 Å². The Hall–Kier alpha value is -3.94. The van der Waals surface area contributed by atoms with Gasteiger partial charge in [0.25, 0.3) is 5.91 Å². The SMILES string of the molecule is CC(C)CNC(=O)NC(=O)COC(=O)c1c2c(nc3ccccc13)/C(=C\c1ccco1)CC2. The van der Waals surface area contributed by atoms with Crippen LogP contribution in [0.3, 0.4) is 0 Å². The summed E-state index contributed by atoms with van der Waals surface area (Å²) in [6, 6.07) is 10.4. The quantitative estimate of drug-likeness (QED) is 0.554. The number of benzene rings is 1. The van der Waals surface area contributed by atoms with Gasteiger partial charge in [-0.25, -0.2) is 14.6 Å². The van der Waals surface area contributed by atoms with Gasteiger partial charge in [0.2, 0.25) is 0 Å². The zero-order valence-corrected chi connectivity index (χ0v) is 18.5. The fraction of sp³-hybridized carbons (Fsp3) is 0.280. The van der Waals surface area contributed by atoms with Crippen molar-refractivity contribution in [3.8, 4) is 0 Å².